The van der Waals surface area contributed by atoms with Gasteiger partial charge in [-0.3, -0.25) is 9.59 Å². The highest BCUT2D eigenvalue weighted by atomic mass is 16.6. The van der Waals surface area contributed by atoms with Gasteiger partial charge in [-0.2, -0.15) is 0 Å². The summed E-state index contributed by atoms with van der Waals surface area (Å²) in [5.41, 5.74) is 0.579. The van der Waals surface area contributed by atoms with E-state index in [1.807, 2.05) is 18.2 Å². The Labute approximate surface area is 164 Å². The van der Waals surface area contributed by atoms with E-state index in [-0.39, 0.29) is 12.4 Å². The summed E-state index contributed by atoms with van der Waals surface area (Å²) in [6, 6.07) is 10.2. The van der Waals surface area contributed by atoms with Gasteiger partial charge in [0.1, 0.15) is 5.60 Å². The molecule has 0 fully saturated rings. The van der Waals surface area contributed by atoms with E-state index >= 15 is 0 Å². The largest absolute Gasteiger partial charge is 0.481 e. The quantitative estimate of drug-likeness (QED) is 0.291. The number of carbonyl (C=O) groups excluding carboxylic acids is 1. The first-order valence-corrected chi connectivity index (χ1v) is 10.5. The summed E-state index contributed by atoms with van der Waals surface area (Å²) in [5.74, 6) is -0.891. The van der Waals surface area contributed by atoms with E-state index in [4.69, 9.17) is 9.84 Å². The van der Waals surface area contributed by atoms with E-state index in [0.29, 0.717) is 12.8 Å². The summed E-state index contributed by atoms with van der Waals surface area (Å²) in [6.45, 7) is 4.32. The van der Waals surface area contributed by atoms with Gasteiger partial charge in [-0.1, -0.05) is 69.9 Å². The van der Waals surface area contributed by atoms with Crippen LogP contribution >= 0.6 is 0 Å². The summed E-state index contributed by atoms with van der Waals surface area (Å²) in [4.78, 5) is 23.1. The molecule has 0 atom stereocenters. The van der Waals surface area contributed by atoms with Crippen molar-refractivity contribution in [3.8, 4) is 0 Å². The summed E-state index contributed by atoms with van der Waals surface area (Å²) in [7, 11) is 0. The average Bonchev–Trinajstić information content (AvgIpc) is 2.67. The summed E-state index contributed by atoms with van der Waals surface area (Å²) >= 11 is 0. The predicted octanol–water partition coefficient (Wildman–Crippen LogP) is 6.23. The van der Waals surface area contributed by atoms with Gasteiger partial charge in [-0.25, -0.2) is 0 Å². The van der Waals surface area contributed by atoms with Gasteiger partial charge in [0.05, 0.1) is 0 Å². The molecule has 0 aliphatic heterocycles. The SMILES string of the molecule is CCCCC(CCCC)(OC(=O)CCCCCCC(=O)O)c1ccccc1. The number of esters is 1. The number of carboxylic acid groups (broad SMARTS) is 1. The zero-order chi connectivity index (χ0) is 20.0. The van der Waals surface area contributed by atoms with Gasteiger partial charge in [0, 0.05) is 12.8 Å². The minimum Gasteiger partial charge on any atom is -0.481 e. The van der Waals surface area contributed by atoms with Crippen LogP contribution in [0.4, 0.5) is 0 Å². The minimum atomic E-state index is -0.756. The van der Waals surface area contributed by atoms with Gasteiger partial charge < -0.3 is 9.84 Å². The molecule has 0 bridgehead atoms. The fourth-order valence-electron chi connectivity index (χ4n) is 3.41. The molecule has 0 aliphatic carbocycles. The maximum atomic E-state index is 12.6. The second-order valence-electron chi connectivity index (χ2n) is 7.35. The summed E-state index contributed by atoms with van der Waals surface area (Å²) < 4.78 is 6.14. The molecule has 27 heavy (non-hydrogen) atoms. The van der Waals surface area contributed by atoms with Crippen LogP contribution in [0.1, 0.15) is 96.5 Å². The third-order valence-corrected chi connectivity index (χ3v) is 5.00. The maximum Gasteiger partial charge on any atom is 0.306 e. The molecule has 1 aromatic carbocycles. The van der Waals surface area contributed by atoms with Crippen LogP contribution in [-0.2, 0) is 19.9 Å². The molecule has 0 aliphatic rings. The lowest BCUT2D eigenvalue weighted by Gasteiger charge is -2.34. The molecule has 0 heterocycles. The maximum absolute atomic E-state index is 12.6. The van der Waals surface area contributed by atoms with Gasteiger partial charge in [0.2, 0.25) is 0 Å². The normalized spacial score (nSPS) is 11.3. The van der Waals surface area contributed by atoms with Crippen LogP contribution in [0.3, 0.4) is 0 Å². The number of carboxylic acids is 1. The van der Waals surface area contributed by atoms with Crippen LogP contribution in [0.5, 0.6) is 0 Å². The van der Waals surface area contributed by atoms with Crippen molar-refractivity contribution in [2.45, 2.75) is 96.5 Å². The summed E-state index contributed by atoms with van der Waals surface area (Å²) in [6.07, 6.45) is 9.66. The third kappa shape index (κ3) is 9.07. The Balaban J connectivity index is 2.68. The van der Waals surface area contributed by atoms with Crippen LogP contribution in [0, 0.1) is 0 Å². The van der Waals surface area contributed by atoms with Crippen LogP contribution in [0.25, 0.3) is 0 Å². The molecule has 1 aromatic rings. The Bertz CT molecular complexity index is 531. The fourth-order valence-corrected chi connectivity index (χ4v) is 3.41. The number of unbranched alkanes of at least 4 members (excludes halogenated alkanes) is 5. The lowest BCUT2D eigenvalue weighted by molar-refractivity contribution is -0.163. The topological polar surface area (TPSA) is 63.6 Å². The van der Waals surface area contributed by atoms with E-state index in [1.54, 1.807) is 0 Å². The fraction of sp³-hybridized carbons (Fsp3) is 0.652. The molecular weight excluding hydrogens is 340 g/mol. The predicted molar refractivity (Wildman–Crippen MR) is 109 cm³/mol. The molecule has 0 radical (unpaired) electrons. The number of aliphatic carboxylic acids is 1. The Kier molecular flexibility index (Phi) is 11.5. The van der Waals surface area contributed by atoms with E-state index in [1.165, 1.54) is 0 Å². The van der Waals surface area contributed by atoms with Gasteiger partial charge in [-0.15, -0.1) is 0 Å². The first-order chi connectivity index (χ1) is 13.0. The molecule has 0 unspecified atom stereocenters. The van der Waals surface area contributed by atoms with Crippen LogP contribution < -0.4 is 0 Å². The standard InChI is InChI=1S/C23H36O4/c1-3-5-18-23(19-6-4-2,20-14-10-9-11-15-20)27-22(26)17-13-8-7-12-16-21(24)25/h9-11,14-15H,3-8,12-13,16-19H2,1-2H3,(H,24,25). The van der Waals surface area contributed by atoms with Crippen molar-refractivity contribution in [3.63, 3.8) is 0 Å². The Morgan fingerprint density at radius 1 is 0.852 bits per heavy atom. The molecule has 1 rings (SSSR count). The first-order valence-electron chi connectivity index (χ1n) is 10.5. The smallest absolute Gasteiger partial charge is 0.306 e. The Hall–Kier alpha value is -1.84. The second kappa shape index (κ2) is 13.3. The highest BCUT2D eigenvalue weighted by Crippen LogP contribution is 2.37. The van der Waals surface area contributed by atoms with Crippen molar-refractivity contribution in [1.82, 2.24) is 0 Å². The molecule has 0 aromatic heterocycles. The van der Waals surface area contributed by atoms with E-state index < -0.39 is 11.6 Å². The monoisotopic (exact) mass is 376 g/mol. The third-order valence-electron chi connectivity index (χ3n) is 5.00. The van der Waals surface area contributed by atoms with Crippen LogP contribution in [0.15, 0.2) is 30.3 Å². The number of hydrogen-bond acceptors (Lipinski definition) is 3. The molecule has 152 valence electrons. The minimum absolute atomic E-state index is 0.135. The first kappa shape index (κ1) is 23.2. The summed E-state index contributed by atoms with van der Waals surface area (Å²) in [5, 5.41) is 8.66. The molecule has 4 nitrogen and oxygen atoms in total. The number of carbonyl (C=O) groups is 2. The van der Waals surface area contributed by atoms with Gasteiger partial charge in [0.25, 0.3) is 0 Å². The highest BCUT2D eigenvalue weighted by Gasteiger charge is 2.35. The van der Waals surface area contributed by atoms with E-state index in [0.717, 1.165) is 63.4 Å². The van der Waals surface area contributed by atoms with Gasteiger partial charge in [0.15, 0.2) is 0 Å². The molecule has 0 amide bonds. The lowest BCUT2D eigenvalue weighted by Crippen LogP contribution is -2.33. The van der Waals surface area contributed by atoms with E-state index in [2.05, 4.69) is 26.0 Å². The zero-order valence-electron chi connectivity index (χ0n) is 17.0. The average molecular weight is 377 g/mol. The lowest BCUT2D eigenvalue weighted by atomic mass is 9.83. The molecule has 1 N–H and O–H groups in total. The highest BCUT2D eigenvalue weighted by molar-refractivity contribution is 5.70. The van der Waals surface area contributed by atoms with E-state index in [9.17, 15) is 9.59 Å². The number of ether oxygens (including phenoxy) is 1. The van der Waals surface area contributed by atoms with Crippen LogP contribution in [0.2, 0.25) is 0 Å². The van der Waals surface area contributed by atoms with Crippen molar-refractivity contribution < 1.29 is 19.4 Å². The van der Waals surface area contributed by atoms with Crippen molar-refractivity contribution in [3.05, 3.63) is 35.9 Å². The van der Waals surface area contributed by atoms with Crippen molar-refractivity contribution in [2.24, 2.45) is 0 Å². The molecular formula is C23H36O4. The Morgan fingerprint density at radius 3 is 1.93 bits per heavy atom. The van der Waals surface area contributed by atoms with Gasteiger partial charge >= 0.3 is 11.9 Å². The van der Waals surface area contributed by atoms with Crippen molar-refractivity contribution >= 4 is 11.9 Å². The second-order valence-corrected chi connectivity index (χ2v) is 7.35. The van der Waals surface area contributed by atoms with Crippen molar-refractivity contribution in [2.75, 3.05) is 0 Å². The van der Waals surface area contributed by atoms with Gasteiger partial charge in [-0.05, 0) is 44.1 Å². The molecule has 4 heteroatoms. The van der Waals surface area contributed by atoms with Crippen LogP contribution in [-0.4, -0.2) is 17.0 Å². The number of benzene rings is 1. The zero-order valence-corrected chi connectivity index (χ0v) is 17.0. The van der Waals surface area contributed by atoms with Crippen molar-refractivity contribution in [1.29, 1.82) is 0 Å². The molecule has 0 saturated heterocycles. The Morgan fingerprint density at radius 2 is 1.41 bits per heavy atom. The number of rotatable bonds is 15. The number of hydrogen-bond donors (Lipinski definition) is 1. The molecule has 0 spiro atoms. The molecule has 0 saturated carbocycles.